The van der Waals surface area contributed by atoms with Crippen LogP contribution in [-0.4, -0.2) is 82.8 Å². The second-order valence-corrected chi connectivity index (χ2v) is 8.36. The number of hydrogen-bond acceptors (Lipinski definition) is 6. The van der Waals surface area contributed by atoms with Gasteiger partial charge in [0.05, 0.1) is 5.75 Å². The van der Waals surface area contributed by atoms with Crippen molar-refractivity contribution in [1.82, 2.24) is 25.1 Å². The molecule has 2 saturated heterocycles. The van der Waals surface area contributed by atoms with Crippen LogP contribution in [0.15, 0.2) is 11.2 Å². The number of likely N-dealkylation sites (tertiary alicyclic amines) is 1. The van der Waals surface area contributed by atoms with Crippen LogP contribution in [0.3, 0.4) is 0 Å². The third kappa shape index (κ3) is 5.20. The van der Waals surface area contributed by atoms with Gasteiger partial charge >= 0.3 is 6.03 Å². The van der Waals surface area contributed by atoms with E-state index in [4.69, 9.17) is 11.6 Å². The van der Waals surface area contributed by atoms with Crippen molar-refractivity contribution in [1.29, 1.82) is 0 Å². The first-order chi connectivity index (χ1) is 13.5. The highest BCUT2D eigenvalue weighted by atomic mass is 35.5. The number of piperazine rings is 1. The number of hydrogen-bond donors (Lipinski definition) is 1. The molecule has 3 amide bonds. The molecule has 0 bridgehead atoms. The Morgan fingerprint density at radius 1 is 1.25 bits per heavy atom. The zero-order valence-electron chi connectivity index (χ0n) is 16.4. The van der Waals surface area contributed by atoms with Gasteiger partial charge in [-0.05, 0) is 26.7 Å². The first kappa shape index (κ1) is 21.0. The van der Waals surface area contributed by atoms with E-state index in [1.54, 1.807) is 6.07 Å². The first-order valence-electron chi connectivity index (χ1n) is 9.72. The van der Waals surface area contributed by atoms with Gasteiger partial charge in [-0.15, -0.1) is 0 Å². The van der Waals surface area contributed by atoms with Gasteiger partial charge in [0, 0.05) is 51.4 Å². The lowest BCUT2D eigenvalue weighted by molar-refractivity contribution is -0.127. The molecule has 28 heavy (non-hydrogen) atoms. The maximum Gasteiger partial charge on any atom is 0.317 e. The van der Waals surface area contributed by atoms with E-state index in [-0.39, 0.29) is 18.0 Å². The summed E-state index contributed by atoms with van der Waals surface area (Å²) in [6.07, 6.45) is 2.16. The monoisotopic (exact) mass is 426 g/mol. The van der Waals surface area contributed by atoms with E-state index in [0.29, 0.717) is 42.2 Å². The molecular formula is C18H27ClN6O2S. The Labute approximate surface area is 175 Å². The van der Waals surface area contributed by atoms with Gasteiger partial charge in [-0.2, -0.15) is 0 Å². The van der Waals surface area contributed by atoms with E-state index in [1.807, 2.05) is 23.6 Å². The Morgan fingerprint density at radius 3 is 2.68 bits per heavy atom. The van der Waals surface area contributed by atoms with Crippen molar-refractivity contribution in [2.24, 2.45) is 0 Å². The summed E-state index contributed by atoms with van der Waals surface area (Å²) < 4.78 is 0. The summed E-state index contributed by atoms with van der Waals surface area (Å²) in [5.74, 6) is 1.18. The predicted octanol–water partition coefficient (Wildman–Crippen LogP) is 2.08. The summed E-state index contributed by atoms with van der Waals surface area (Å²) in [6, 6.07) is 1.76. The number of nitrogens with one attached hydrogen (secondary N) is 1. The molecule has 1 atom stereocenters. The molecule has 0 aliphatic carbocycles. The van der Waals surface area contributed by atoms with Gasteiger partial charge in [0.15, 0.2) is 5.16 Å². The number of urea groups is 1. The number of anilines is 1. The van der Waals surface area contributed by atoms with E-state index >= 15 is 0 Å². The number of nitrogens with zero attached hydrogens (tertiary/aromatic N) is 5. The molecule has 2 fully saturated rings. The fourth-order valence-corrected chi connectivity index (χ4v) is 4.50. The highest BCUT2D eigenvalue weighted by molar-refractivity contribution is 7.99. The van der Waals surface area contributed by atoms with Crippen LogP contribution in [0.1, 0.15) is 26.7 Å². The van der Waals surface area contributed by atoms with Gasteiger partial charge in [-0.25, -0.2) is 14.8 Å². The van der Waals surface area contributed by atoms with Crippen LogP contribution in [0.2, 0.25) is 5.15 Å². The van der Waals surface area contributed by atoms with Crippen molar-refractivity contribution in [2.45, 2.75) is 37.9 Å². The molecule has 3 heterocycles. The van der Waals surface area contributed by atoms with Crippen molar-refractivity contribution in [3.63, 3.8) is 0 Å². The fraction of sp³-hybridized carbons (Fsp3) is 0.667. The molecule has 0 unspecified atom stereocenters. The molecule has 0 saturated carbocycles. The van der Waals surface area contributed by atoms with Crippen molar-refractivity contribution in [3.8, 4) is 0 Å². The fourth-order valence-electron chi connectivity index (χ4n) is 3.52. The van der Waals surface area contributed by atoms with E-state index in [2.05, 4.69) is 20.2 Å². The highest BCUT2D eigenvalue weighted by Gasteiger charge is 2.28. The maximum atomic E-state index is 12.2. The summed E-state index contributed by atoms with van der Waals surface area (Å²) in [5, 5.41) is 3.72. The first-order valence-corrected chi connectivity index (χ1v) is 11.1. The van der Waals surface area contributed by atoms with Gasteiger partial charge in [-0.3, -0.25) is 4.79 Å². The number of halogens is 1. The summed E-state index contributed by atoms with van der Waals surface area (Å²) in [6.45, 7) is 8.19. The molecule has 1 N–H and O–H groups in total. The zero-order chi connectivity index (χ0) is 20.1. The normalized spacial score (nSPS) is 19.8. The van der Waals surface area contributed by atoms with Crippen molar-refractivity contribution < 1.29 is 9.59 Å². The van der Waals surface area contributed by atoms with Gasteiger partial charge in [0.25, 0.3) is 0 Å². The number of aromatic nitrogens is 2. The lowest BCUT2D eigenvalue weighted by Gasteiger charge is -2.40. The average molecular weight is 427 g/mol. The Balaban J connectivity index is 1.61. The Hall–Kier alpha value is -1.74. The molecule has 0 spiro atoms. The second kappa shape index (κ2) is 9.65. The minimum atomic E-state index is -0.0351. The van der Waals surface area contributed by atoms with Crippen LogP contribution < -0.4 is 10.2 Å². The molecule has 3 rings (SSSR count). The van der Waals surface area contributed by atoms with Crippen molar-refractivity contribution in [2.75, 3.05) is 49.9 Å². The zero-order valence-corrected chi connectivity index (χ0v) is 17.9. The van der Waals surface area contributed by atoms with Gasteiger partial charge in [-0.1, -0.05) is 23.4 Å². The third-order valence-electron chi connectivity index (χ3n) is 4.98. The second-order valence-electron chi connectivity index (χ2n) is 7.03. The van der Waals surface area contributed by atoms with E-state index in [1.165, 1.54) is 11.8 Å². The average Bonchev–Trinajstić information content (AvgIpc) is 3.20. The van der Waals surface area contributed by atoms with Crippen LogP contribution in [0.5, 0.6) is 0 Å². The molecule has 2 aliphatic rings. The molecule has 0 aromatic carbocycles. The SMILES string of the molecule is CCNC(=O)N1CCN(c2cc(Cl)nc(SCC(=O)N3CCCC3)n2)C[C@@H]1C. The van der Waals surface area contributed by atoms with Crippen LogP contribution in [-0.2, 0) is 4.79 Å². The van der Waals surface area contributed by atoms with E-state index in [9.17, 15) is 9.59 Å². The summed E-state index contributed by atoms with van der Waals surface area (Å²) in [5.41, 5.74) is 0. The largest absolute Gasteiger partial charge is 0.353 e. The topological polar surface area (TPSA) is 81.7 Å². The van der Waals surface area contributed by atoms with Crippen molar-refractivity contribution >= 4 is 41.1 Å². The number of rotatable bonds is 5. The molecule has 2 aliphatic heterocycles. The number of carbonyl (C=O) groups is 2. The predicted molar refractivity (Wildman–Crippen MR) is 111 cm³/mol. The Kier molecular flexibility index (Phi) is 7.23. The molecule has 1 aromatic heterocycles. The number of carbonyl (C=O) groups excluding carboxylic acids is 2. The molecule has 10 heteroatoms. The smallest absolute Gasteiger partial charge is 0.317 e. The quantitative estimate of drug-likeness (QED) is 0.441. The Morgan fingerprint density at radius 2 is 2.00 bits per heavy atom. The van der Waals surface area contributed by atoms with E-state index < -0.39 is 0 Å². The van der Waals surface area contributed by atoms with E-state index in [0.717, 1.165) is 31.7 Å². The minimum Gasteiger partial charge on any atom is -0.353 e. The Bertz CT molecular complexity index is 715. The van der Waals surface area contributed by atoms with Gasteiger partial charge < -0.3 is 20.0 Å². The number of thioether (sulfide) groups is 1. The number of amides is 3. The molecular weight excluding hydrogens is 400 g/mol. The lowest BCUT2D eigenvalue weighted by atomic mass is 10.2. The molecule has 1 aromatic rings. The third-order valence-corrected chi connectivity index (χ3v) is 6.01. The van der Waals surface area contributed by atoms with Crippen LogP contribution in [0.25, 0.3) is 0 Å². The lowest BCUT2D eigenvalue weighted by Crippen LogP contribution is -2.56. The minimum absolute atomic E-state index is 0.0351. The summed E-state index contributed by atoms with van der Waals surface area (Å²) in [4.78, 5) is 39.1. The highest BCUT2D eigenvalue weighted by Crippen LogP contribution is 2.24. The van der Waals surface area contributed by atoms with Gasteiger partial charge in [0.1, 0.15) is 11.0 Å². The molecule has 154 valence electrons. The summed E-state index contributed by atoms with van der Waals surface area (Å²) in [7, 11) is 0. The van der Waals surface area contributed by atoms with Crippen molar-refractivity contribution in [3.05, 3.63) is 11.2 Å². The summed E-state index contributed by atoms with van der Waals surface area (Å²) >= 11 is 7.53. The van der Waals surface area contributed by atoms with Crippen LogP contribution in [0.4, 0.5) is 10.6 Å². The van der Waals surface area contributed by atoms with Crippen LogP contribution in [0, 0.1) is 0 Å². The van der Waals surface area contributed by atoms with Crippen LogP contribution >= 0.6 is 23.4 Å². The van der Waals surface area contributed by atoms with Gasteiger partial charge in [0.2, 0.25) is 5.91 Å². The standard InChI is InChI=1S/C18H27ClN6O2S/c1-3-20-18(27)25-9-8-24(11-13(25)2)15-10-14(19)21-17(22-15)28-12-16(26)23-6-4-5-7-23/h10,13H,3-9,11-12H2,1-2H3,(H,20,27)/t13-/m0/s1. The maximum absolute atomic E-state index is 12.2. The molecule has 0 radical (unpaired) electrons. The molecule has 8 nitrogen and oxygen atoms in total.